The van der Waals surface area contributed by atoms with E-state index in [-0.39, 0.29) is 5.91 Å². The second-order valence-corrected chi connectivity index (χ2v) is 6.05. The van der Waals surface area contributed by atoms with E-state index < -0.39 is 0 Å². The number of guanidine groups is 1. The van der Waals surface area contributed by atoms with Crippen molar-refractivity contribution in [1.29, 1.82) is 0 Å². The molecule has 1 amide bonds. The Balaban J connectivity index is 1.77. The molecule has 0 atom stereocenters. The van der Waals surface area contributed by atoms with E-state index >= 15 is 0 Å². The molecule has 146 valence electrons. The maximum absolute atomic E-state index is 11.8. The van der Waals surface area contributed by atoms with Gasteiger partial charge >= 0.3 is 0 Å². The van der Waals surface area contributed by atoms with Crippen LogP contribution in [0.4, 0.5) is 0 Å². The summed E-state index contributed by atoms with van der Waals surface area (Å²) in [5.41, 5.74) is 2.24. The maximum Gasteiger partial charge on any atom is 0.287 e. The summed E-state index contributed by atoms with van der Waals surface area (Å²) in [4.78, 5) is 16.0. The number of nitrogens with zero attached hydrogens (tertiary/aromatic N) is 1. The van der Waals surface area contributed by atoms with Crippen LogP contribution in [0.25, 0.3) is 0 Å². The first-order valence-corrected chi connectivity index (χ1v) is 9.12. The summed E-state index contributed by atoms with van der Waals surface area (Å²) in [6.07, 6.45) is 2.44. The molecule has 1 heterocycles. The van der Waals surface area contributed by atoms with Crippen LogP contribution < -0.4 is 20.7 Å². The first-order chi connectivity index (χ1) is 13.1. The average Bonchev–Trinajstić information content (AvgIpc) is 3.21. The molecule has 0 bridgehead atoms. The van der Waals surface area contributed by atoms with Crippen LogP contribution in [0.15, 0.2) is 46.0 Å². The molecule has 0 aliphatic heterocycles. The molecular weight excluding hydrogens is 344 g/mol. The van der Waals surface area contributed by atoms with Crippen molar-refractivity contribution in [2.24, 2.45) is 4.99 Å². The zero-order chi connectivity index (χ0) is 19.5. The number of hydrogen-bond acceptors (Lipinski definition) is 4. The zero-order valence-corrected chi connectivity index (χ0v) is 16.2. The SMILES string of the molecule is CCCOc1cc(C)ccc1CNC(=NC)NCCNC(=O)c1ccco1. The number of aliphatic imine (C=N–C) groups is 1. The number of carbonyl (C=O) groups excluding carboxylic acids is 1. The highest BCUT2D eigenvalue weighted by Crippen LogP contribution is 2.20. The predicted octanol–water partition coefficient (Wildman–Crippen LogP) is 2.47. The number of aryl methyl sites for hydroxylation is 1. The van der Waals surface area contributed by atoms with Gasteiger partial charge in [-0.1, -0.05) is 19.1 Å². The minimum Gasteiger partial charge on any atom is -0.493 e. The molecule has 7 nitrogen and oxygen atoms in total. The van der Waals surface area contributed by atoms with Gasteiger partial charge in [0.15, 0.2) is 11.7 Å². The third-order valence-corrected chi connectivity index (χ3v) is 3.80. The van der Waals surface area contributed by atoms with Crippen molar-refractivity contribution >= 4 is 11.9 Å². The van der Waals surface area contributed by atoms with E-state index in [2.05, 4.69) is 40.0 Å². The van der Waals surface area contributed by atoms with Gasteiger partial charge in [0.1, 0.15) is 5.75 Å². The van der Waals surface area contributed by atoms with Crippen molar-refractivity contribution in [3.63, 3.8) is 0 Å². The van der Waals surface area contributed by atoms with Crippen LogP contribution in [0.2, 0.25) is 0 Å². The number of nitrogens with one attached hydrogen (secondary N) is 3. The second-order valence-electron chi connectivity index (χ2n) is 6.05. The molecule has 0 spiro atoms. The summed E-state index contributed by atoms with van der Waals surface area (Å²) >= 11 is 0. The predicted molar refractivity (Wildman–Crippen MR) is 106 cm³/mol. The lowest BCUT2D eigenvalue weighted by molar-refractivity contribution is 0.0926. The van der Waals surface area contributed by atoms with Crippen molar-refractivity contribution in [1.82, 2.24) is 16.0 Å². The highest BCUT2D eigenvalue weighted by Gasteiger charge is 2.08. The molecular formula is C20H28N4O3. The molecule has 0 saturated heterocycles. The fourth-order valence-corrected chi connectivity index (χ4v) is 2.41. The molecule has 2 aromatic rings. The van der Waals surface area contributed by atoms with Crippen LogP contribution in [-0.2, 0) is 6.54 Å². The topological polar surface area (TPSA) is 87.9 Å². The van der Waals surface area contributed by atoms with Crippen LogP contribution in [-0.4, -0.2) is 38.6 Å². The highest BCUT2D eigenvalue weighted by molar-refractivity contribution is 5.91. The van der Waals surface area contributed by atoms with Gasteiger partial charge in [-0.05, 0) is 37.1 Å². The summed E-state index contributed by atoms with van der Waals surface area (Å²) in [6, 6.07) is 9.49. The van der Waals surface area contributed by atoms with Crippen molar-refractivity contribution in [3.05, 3.63) is 53.5 Å². The van der Waals surface area contributed by atoms with Crippen LogP contribution in [0, 0.1) is 6.92 Å². The van der Waals surface area contributed by atoms with Gasteiger partial charge < -0.3 is 25.1 Å². The largest absolute Gasteiger partial charge is 0.493 e. The minimum atomic E-state index is -0.234. The zero-order valence-electron chi connectivity index (χ0n) is 16.2. The molecule has 0 fully saturated rings. The van der Waals surface area contributed by atoms with Gasteiger partial charge in [0.25, 0.3) is 5.91 Å². The summed E-state index contributed by atoms with van der Waals surface area (Å²) in [7, 11) is 1.71. The molecule has 0 aliphatic rings. The van der Waals surface area contributed by atoms with E-state index in [0.29, 0.717) is 38.0 Å². The van der Waals surface area contributed by atoms with Crippen molar-refractivity contribution in [3.8, 4) is 5.75 Å². The molecule has 1 aromatic carbocycles. The van der Waals surface area contributed by atoms with Gasteiger partial charge in [-0.3, -0.25) is 9.79 Å². The van der Waals surface area contributed by atoms with Crippen LogP contribution >= 0.6 is 0 Å². The summed E-state index contributed by atoms with van der Waals surface area (Å²) < 4.78 is 10.9. The van der Waals surface area contributed by atoms with E-state index in [0.717, 1.165) is 17.7 Å². The monoisotopic (exact) mass is 372 g/mol. The first-order valence-electron chi connectivity index (χ1n) is 9.12. The number of rotatable bonds is 9. The van der Waals surface area contributed by atoms with Gasteiger partial charge in [-0.15, -0.1) is 0 Å². The minimum absolute atomic E-state index is 0.234. The Bertz CT molecular complexity index is 742. The number of benzene rings is 1. The van der Waals surface area contributed by atoms with E-state index in [1.54, 1.807) is 19.2 Å². The normalized spacial score (nSPS) is 11.1. The Labute approximate surface area is 160 Å². The fraction of sp³-hybridized carbons (Fsp3) is 0.400. The first kappa shape index (κ1) is 20.4. The molecule has 0 unspecified atom stereocenters. The average molecular weight is 372 g/mol. The maximum atomic E-state index is 11.8. The number of furan rings is 1. The number of carbonyl (C=O) groups is 1. The van der Waals surface area contributed by atoms with Crippen LogP contribution in [0.5, 0.6) is 5.75 Å². The molecule has 0 aliphatic carbocycles. The van der Waals surface area contributed by atoms with Gasteiger partial charge in [0, 0.05) is 32.2 Å². The van der Waals surface area contributed by atoms with Crippen LogP contribution in [0.1, 0.15) is 35.0 Å². The summed E-state index contributed by atoms with van der Waals surface area (Å²) in [6.45, 7) is 6.42. The summed E-state index contributed by atoms with van der Waals surface area (Å²) in [5.74, 6) is 1.62. The van der Waals surface area contributed by atoms with Crippen molar-refractivity contribution in [2.75, 3.05) is 26.7 Å². The number of ether oxygens (including phenoxy) is 1. The lowest BCUT2D eigenvalue weighted by Gasteiger charge is -2.15. The Morgan fingerprint density at radius 1 is 1.19 bits per heavy atom. The second kappa shape index (κ2) is 10.9. The molecule has 1 aromatic heterocycles. The molecule has 7 heteroatoms. The molecule has 27 heavy (non-hydrogen) atoms. The van der Waals surface area contributed by atoms with Gasteiger partial charge in [0.05, 0.1) is 12.9 Å². The Hall–Kier alpha value is -2.96. The standard InChI is InChI=1S/C20H28N4O3/c1-4-11-26-18-13-15(2)7-8-16(18)14-24-20(21-3)23-10-9-22-19(25)17-6-5-12-27-17/h5-8,12-13H,4,9-11,14H2,1-3H3,(H,22,25)(H2,21,23,24). The van der Waals surface area contributed by atoms with Gasteiger partial charge in [-0.2, -0.15) is 0 Å². The van der Waals surface area contributed by atoms with Crippen molar-refractivity contribution < 1.29 is 13.9 Å². The van der Waals surface area contributed by atoms with Gasteiger partial charge in [-0.25, -0.2) is 0 Å². The lowest BCUT2D eigenvalue weighted by Crippen LogP contribution is -2.41. The highest BCUT2D eigenvalue weighted by atomic mass is 16.5. The Morgan fingerprint density at radius 3 is 2.70 bits per heavy atom. The quantitative estimate of drug-likeness (QED) is 0.358. The number of hydrogen-bond donors (Lipinski definition) is 3. The lowest BCUT2D eigenvalue weighted by atomic mass is 10.1. The van der Waals surface area contributed by atoms with E-state index in [9.17, 15) is 4.79 Å². The van der Waals surface area contributed by atoms with E-state index in [1.165, 1.54) is 11.8 Å². The van der Waals surface area contributed by atoms with Crippen molar-refractivity contribution in [2.45, 2.75) is 26.8 Å². The molecule has 0 saturated carbocycles. The van der Waals surface area contributed by atoms with E-state index in [1.807, 2.05) is 13.0 Å². The fourth-order valence-electron chi connectivity index (χ4n) is 2.41. The Morgan fingerprint density at radius 2 is 2.00 bits per heavy atom. The Kier molecular flexibility index (Phi) is 8.22. The molecule has 3 N–H and O–H groups in total. The smallest absolute Gasteiger partial charge is 0.287 e. The van der Waals surface area contributed by atoms with E-state index in [4.69, 9.17) is 9.15 Å². The molecule has 2 rings (SSSR count). The third kappa shape index (κ3) is 6.69. The third-order valence-electron chi connectivity index (χ3n) is 3.80. The molecule has 0 radical (unpaired) electrons. The van der Waals surface area contributed by atoms with Crippen LogP contribution in [0.3, 0.4) is 0 Å². The summed E-state index contributed by atoms with van der Waals surface area (Å²) in [5, 5.41) is 9.21. The van der Waals surface area contributed by atoms with Gasteiger partial charge in [0.2, 0.25) is 0 Å². The number of amides is 1.